The normalized spacial score (nSPS) is 42.8. The van der Waals surface area contributed by atoms with Gasteiger partial charge in [0.2, 0.25) is 0 Å². The fraction of sp³-hybridized carbons (Fsp3) is 0.867. The fourth-order valence-corrected chi connectivity index (χ4v) is 4.71. The van der Waals surface area contributed by atoms with Crippen LogP contribution in [0, 0.1) is 23.7 Å². The first-order valence-corrected chi connectivity index (χ1v) is 7.15. The Morgan fingerprint density at radius 1 is 1.18 bits per heavy atom. The fourth-order valence-electron chi connectivity index (χ4n) is 4.71. The van der Waals surface area contributed by atoms with E-state index in [0.29, 0.717) is 17.8 Å². The molecule has 96 valence electrons. The molecule has 0 heterocycles. The standard InChI is InChI=1S/C15H25NO/c1-16(2)10-13-11-5-6-12(9-11)14(13)15(17)7-3-4-8-15/h5-6,11-14,17H,3-4,7-10H2,1-2H3/t11-,12+,13-,14+/m0/s1. The van der Waals surface area contributed by atoms with Gasteiger partial charge in [-0.2, -0.15) is 0 Å². The van der Waals surface area contributed by atoms with Crippen molar-refractivity contribution in [3.63, 3.8) is 0 Å². The van der Waals surface area contributed by atoms with Crippen molar-refractivity contribution in [2.45, 2.75) is 37.7 Å². The number of hydrogen-bond donors (Lipinski definition) is 1. The largest absolute Gasteiger partial charge is 0.390 e. The van der Waals surface area contributed by atoms with Crippen molar-refractivity contribution in [1.29, 1.82) is 0 Å². The quantitative estimate of drug-likeness (QED) is 0.759. The molecule has 0 spiro atoms. The van der Waals surface area contributed by atoms with Gasteiger partial charge in [0.25, 0.3) is 0 Å². The number of hydrogen-bond acceptors (Lipinski definition) is 2. The molecule has 2 bridgehead atoms. The van der Waals surface area contributed by atoms with Gasteiger partial charge in [0.15, 0.2) is 0 Å². The van der Waals surface area contributed by atoms with Crippen LogP contribution in [-0.4, -0.2) is 36.2 Å². The molecular formula is C15H25NO. The average molecular weight is 235 g/mol. The minimum Gasteiger partial charge on any atom is -0.390 e. The van der Waals surface area contributed by atoms with Crippen LogP contribution in [0.15, 0.2) is 12.2 Å². The molecule has 0 aromatic rings. The molecule has 1 N–H and O–H groups in total. The molecular weight excluding hydrogens is 210 g/mol. The Hall–Kier alpha value is -0.340. The summed E-state index contributed by atoms with van der Waals surface area (Å²) in [6, 6.07) is 0. The molecule has 2 heteroatoms. The zero-order chi connectivity index (χ0) is 12.0. The van der Waals surface area contributed by atoms with Gasteiger partial charge in [-0.15, -0.1) is 0 Å². The van der Waals surface area contributed by atoms with Gasteiger partial charge >= 0.3 is 0 Å². The molecule has 0 amide bonds. The molecule has 4 atom stereocenters. The Morgan fingerprint density at radius 2 is 1.82 bits per heavy atom. The summed E-state index contributed by atoms with van der Waals surface area (Å²) in [6.07, 6.45) is 10.6. The molecule has 0 unspecified atom stereocenters. The zero-order valence-electron chi connectivity index (χ0n) is 11.1. The molecule has 3 aliphatic rings. The number of allylic oxidation sites excluding steroid dienone is 2. The predicted molar refractivity (Wildman–Crippen MR) is 69.7 cm³/mol. The molecule has 2 nitrogen and oxygen atoms in total. The first kappa shape index (κ1) is 11.7. The lowest BCUT2D eigenvalue weighted by atomic mass is 9.71. The lowest BCUT2D eigenvalue weighted by molar-refractivity contribution is -0.0467. The maximum atomic E-state index is 10.9. The van der Waals surface area contributed by atoms with E-state index >= 15 is 0 Å². The van der Waals surface area contributed by atoms with Crippen molar-refractivity contribution in [3.05, 3.63) is 12.2 Å². The summed E-state index contributed by atoms with van der Waals surface area (Å²) >= 11 is 0. The van der Waals surface area contributed by atoms with Gasteiger partial charge in [-0.3, -0.25) is 0 Å². The highest BCUT2D eigenvalue weighted by Crippen LogP contribution is 2.55. The minimum atomic E-state index is -0.342. The zero-order valence-corrected chi connectivity index (χ0v) is 11.1. The summed E-state index contributed by atoms with van der Waals surface area (Å²) in [5, 5.41) is 10.9. The van der Waals surface area contributed by atoms with Crippen molar-refractivity contribution in [2.24, 2.45) is 23.7 Å². The second-order valence-electron chi connectivity index (χ2n) is 6.71. The lowest BCUT2D eigenvalue weighted by Gasteiger charge is -2.40. The van der Waals surface area contributed by atoms with Crippen LogP contribution in [0.3, 0.4) is 0 Å². The third-order valence-electron chi connectivity index (χ3n) is 5.29. The Balaban J connectivity index is 1.83. The summed E-state index contributed by atoms with van der Waals surface area (Å²) in [4.78, 5) is 2.30. The van der Waals surface area contributed by atoms with Crippen molar-refractivity contribution >= 4 is 0 Å². The maximum absolute atomic E-state index is 10.9. The van der Waals surface area contributed by atoms with E-state index in [1.54, 1.807) is 0 Å². The Kier molecular flexibility index (Phi) is 2.83. The summed E-state index contributed by atoms with van der Waals surface area (Å²) < 4.78 is 0. The van der Waals surface area contributed by atoms with Crippen molar-refractivity contribution in [2.75, 3.05) is 20.6 Å². The first-order valence-electron chi connectivity index (χ1n) is 7.15. The molecule has 0 aromatic carbocycles. The van der Waals surface area contributed by atoms with Crippen LogP contribution in [0.2, 0.25) is 0 Å². The summed E-state index contributed by atoms with van der Waals surface area (Å²) in [5.74, 6) is 2.61. The molecule has 3 rings (SSSR count). The van der Waals surface area contributed by atoms with Crippen LogP contribution < -0.4 is 0 Å². The lowest BCUT2D eigenvalue weighted by Crippen LogP contribution is -2.44. The van der Waals surface area contributed by atoms with Gasteiger partial charge in [-0.25, -0.2) is 0 Å². The third-order valence-corrected chi connectivity index (χ3v) is 5.29. The van der Waals surface area contributed by atoms with Crippen LogP contribution in [-0.2, 0) is 0 Å². The SMILES string of the molecule is CN(C)C[C@@H]1[C@H](C2(O)CCCC2)[C@@H]2C=C[C@H]1C2. The molecule has 0 aliphatic heterocycles. The smallest absolute Gasteiger partial charge is 0.0684 e. The maximum Gasteiger partial charge on any atom is 0.0684 e. The minimum absolute atomic E-state index is 0.342. The van der Waals surface area contributed by atoms with Crippen molar-refractivity contribution < 1.29 is 5.11 Å². The highest BCUT2D eigenvalue weighted by molar-refractivity contribution is 5.18. The van der Waals surface area contributed by atoms with Gasteiger partial charge < -0.3 is 10.0 Å². The van der Waals surface area contributed by atoms with Crippen LogP contribution >= 0.6 is 0 Å². The molecule has 0 saturated heterocycles. The summed E-state index contributed by atoms with van der Waals surface area (Å²) in [6.45, 7) is 1.14. The predicted octanol–water partition coefficient (Wildman–Crippen LogP) is 2.29. The van der Waals surface area contributed by atoms with Crippen molar-refractivity contribution in [1.82, 2.24) is 4.90 Å². The van der Waals surface area contributed by atoms with E-state index in [9.17, 15) is 5.11 Å². The highest BCUT2D eigenvalue weighted by atomic mass is 16.3. The van der Waals surface area contributed by atoms with Crippen LogP contribution in [0.5, 0.6) is 0 Å². The van der Waals surface area contributed by atoms with E-state index < -0.39 is 0 Å². The van der Waals surface area contributed by atoms with Crippen LogP contribution in [0.1, 0.15) is 32.1 Å². The second-order valence-corrected chi connectivity index (χ2v) is 6.71. The molecule has 17 heavy (non-hydrogen) atoms. The number of rotatable bonds is 3. The average Bonchev–Trinajstić information content (AvgIpc) is 2.92. The number of aliphatic hydroxyl groups is 1. The summed E-state index contributed by atoms with van der Waals surface area (Å²) in [7, 11) is 4.32. The van der Waals surface area contributed by atoms with E-state index in [1.165, 1.54) is 19.3 Å². The van der Waals surface area contributed by atoms with Gasteiger partial charge in [0.05, 0.1) is 5.60 Å². The van der Waals surface area contributed by atoms with Gasteiger partial charge in [-0.05, 0) is 57.0 Å². The van der Waals surface area contributed by atoms with Gasteiger partial charge in [0, 0.05) is 6.54 Å². The number of nitrogens with zero attached hydrogens (tertiary/aromatic N) is 1. The van der Waals surface area contributed by atoms with Crippen molar-refractivity contribution in [3.8, 4) is 0 Å². The Bertz CT molecular complexity index is 317. The topological polar surface area (TPSA) is 23.5 Å². The highest BCUT2D eigenvalue weighted by Gasteiger charge is 2.54. The third kappa shape index (κ3) is 1.86. The molecule has 0 aromatic heterocycles. The monoisotopic (exact) mass is 235 g/mol. The summed E-state index contributed by atoms with van der Waals surface area (Å²) in [5.41, 5.74) is -0.342. The number of fused-ring (bicyclic) bond motifs is 2. The molecule has 2 saturated carbocycles. The Labute approximate surface area is 105 Å². The van der Waals surface area contributed by atoms with E-state index in [2.05, 4.69) is 31.1 Å². The molecule has 2 fully saturated rings. The van der Waals surface area contributed by atoms with E-state index in [0.717, 1.165) is 25.3 Å². The first-order chi connectivity index (χ1) is 8.10. The molecule has 0 radical (unpaired) electrons. The van der Waals surface area contributed by atoms with Gasteiger partial charge in [-0.1, -0.05) is 25.0 Å². The van der Waals surface area contributed by atoms with Crippen LogP contribution in [0.25, 0.3) is 0 Å². The Morgan fingerprint density at radius 3 is 2.47 bits per heavy atom. The van der Waals surface area contributed by atoms with E-state index in [4.69, 9.17) is 0 Å². The van der Waals surface area contributed by atoms with E-state index in [1.807, 2.05) is 0 Å². The second kappa shape index (κ2) is 4.10. The van der Waals surface area contributed by atoms with E-state index in [-0.39, 0.29) is 5.60 Å². The van der Waals surface area contributed by atoms with Crippen LogP contribution in [0.4, 0.5) is 0 Å². The van der Waals surface area contributed by atoms with Gasteiger partial charge in [0.1, 0.15) is 0 Å². The molecule has 3 aliphatic carbocycles.